The van der Waals surface area contributed by atoms with Gasteiger partial charge in [-0.25, -0.2) is 0 Å². The van der Waals surface area contributed by atoms with Gasteiger partial charge in [-0.15, -0.1) is 0 Å². The summed E-state index contributed by atoms with van der Waals surface area (Å²) in [6.07, 6.45) is 3.66. The van der Waals surface area contributed by atoms with Gasteiger partial charge in [0.2, 0.25) is 0 Å². The second-order valence-corrected chi connectivity index (χ2v) is 7.18. The van der Waals surface area contributed by atoms with Gasteiger partial charge in [0.05, 0.1) is 0 Å². The lowest BCUT2D eigenvalue weighted by molar-refractivity contribution is -0.158. The molecule has 3 heteroatoms. The molecule has 0 radical (unpaired) electrons. The van der Waals surface area contributed by atoms with Crippen LogP contribution >= 0.6 is 0 Å². The molecule has 0 aromatic carbocycles. The second kappa shape index (κ2) is 3.71. The number of carboxylic acid groups (broad SMARTS) is 1. The first-order valence-corrected chi connectivity index (χ1v) is 6.67. The Labute approximate surface area is 104 Å². The molecule has 3 rings (SSSR count). The van der Waals surface area contributed by atoms with E-state index in [1.165, 1.54) is 12.8 Å². The minimum Gasteiger partial charge on any atom is -0.480 e. The van der Waals surface area contributed by atoms with Gasteiger partial charge in [0.1, 0.15) is 6.04 Å². The van der Waals surface area contributed by atoms with E-state index in [0.29, 0.717) is 17.3 Å². The van der Waals surface area contributed by atoms with Crippen molar-refractivity contribution in [1.82, 2.24) is 0 Å². The Kier molecular flexibility index (Phi) is 2.81. The molecule has 0 spiro atoms. The average Bonchev–Trinajstić information content (AvgIpc) is 2.27. The fraction of sp³-hybridized carbons (Fsp3) is 0.929. The van der Waals surface area contributed by atoms with Crippen molar-refractivity contribution in [2.24, 2.45) is 34.3 Å². The van der Waals surface area contributed by atoms with Gasteiger partial charge < -0.3 is 10.8 Å². The predicted molar refractivity (Wildman–Crippen MR) is 67.5 cm³/mol. The molecule has 3 saturated carbocycles. The predicted octanol–water partition coefficient (Wildman–Crippen LogP) is 2.50. The molecule has 0 amide bonds. The Morgan fingerprint density at radius 3 is 2.41 bits per heavy atom. The molecular weight excluding hydrogens is 214 g/mol. The normalized spacial score (nSPS) is 37.1. The first-order chi connectivity index (χ1) is 7.69. The van der Waals surface area contributed by atoms with Gasteiger partial charge in [-0.3, -0.25) is 4.79 Å². The lowest BCUT2D eigenvalue weighted by Gasteiger charge is -2.63. The first kappa shape index (κ1) is 12.9. The molecule has 3 aliphatic rings. The third-order valence-corrected chi connectivity index (χ3v) is 5.88. The number of fused-ring (bicyclic) bond motifs is 2. The summed E-state index contributed by atoms with van der Waals surface area (Å²) in [5.74, 6) is 1.09. The molecule has 0 aromatic rings. The molecule has 3 N–H and O–H groups in total. The number of carbonyl (C=O) groups is 1. The minimum atomic E-state index is -0.866. The highest BCUT2D eigenvalue weighted by Gasteiger charge is 2.58. The molecule has 2 bridgehead atoms. The van der Waals surface area contributed by atoms with Crippen molar-refractivity contribution in [2.75, 3.05) is 0 Å². The van der Waals surface area contributed by atoms with Crippen LogP contribution in [0.15, 0.2) is 0 Å². The van der Waals surface area contributed by atoms with E-state index in [9.17, 15) is 4.79 Å². The zero-order valence-electron chi connectivity index (χ0n) is 11.4. The van der Waals surface area contributed by atoms with E-state index < -0.39 is 12.0 Å². The third-order valence-electron chi connectivity index (χ3n) is 5.88. The highest BCUT2D eigenvalue weighted by Crippen LogP contribution is 2.64. The van der Waals surface area contributed by atoms with Crippen molar-refractivity contribution in [3.8, 4) is 0 Å². The fourth-order valence-corrected chi connectivity index (χ4v) is 4.25. The van der Waals surface area contributed by atoms with Gasteiger partial charge in [-0.2, -0.15) is 0 Å². The smallest absolute Gasteiger partial charge is 0.321 e. The van der Waals surface area contributed by atoms with Crippen molar-refractivity contribution in [2.45, 2.75) is 53.0 Å². The van der Waals surface area contributed by atoms with Gasteiger partial charge in [0, 0.05) is 0 Å². The minimum absolute atomic E-state index is 0.306. The van der Waals surface area contributed by atoms with Crippen LogP contribution in [0.25, 0.3) is 0 Å². The van der Waals surface area contributed by atoms with Crippen molar-refractivity contribution >= 4 is 5.97 Å². The zero-order chi connectivity index (χ0) is 13.0. The quantitative estimate of drug-likeness (QED) is 0.795. The van der Waals surface area contributed by atoms with E-state index in [-0.39, 0.29) is 5.41 Å². The molecule has 98 valence electrons. The number of hydrogen-bond donors (Lipinski definition) is 2. The standard InChI is InChI=1S/C14H25NO2/c1-13(2)8-5-6-9(10(13)7-8)14(3,4)11(15)12(16)17/h8-11H,5-7,15H2,1-4H3,(H,16,17). The van der Waals surface area contributed by atoms with Gasteiger partial charge in [-0.1, -0.05) is 27.7 Å². The van der Waals surface area contributed by atoms with Crippen molar-refractivity contribution < 1.29 is 9.90 Å². The number of aliphatic carboxylic acids is 1. The SMILES string of the molecule is CC1(C)C2CCC(C(C)(C)C(N)C(=O)O)C1C2. The molecule has 0 heterocycles. The maximum atomic E-state index is 11.1. The van der Waals surface area contributed by atoms with Gasteiger partial charge in [0.15, 0.2) is 0 Å². The molecule has 3 fully saturated rings. The van der Waals surface area contributed by atoms with Crippen LogP contribution in [0.4, 0.5) is 0 Å². The number of hydrogen-bond acceptors (Lipinski definition) is 2. The Morgan fingerprint density at radius 1 is 1.41 bits per heavy atom. The molecule has 4 unspecified atom stereocenters. The monoisotopic (exact) mass is 239 g/mol. The summed E-state index contributed by atoms with van der Waals surface area (Å²) in [7, 11) is 0. The molecule has 3 aliphatic carbocycles. The lowest BCUT2D eigenvalue weighted by atomic mass is 9.42. The van der Waals surface area contributed by atoms with E-state index in [0.717, 1.165) is 12.3 Å². The summed E-state index contributed by atoms with van der Waals surface area (Å²) >= 11 is 0. The Bertz CT molecular complexity index is 333. The van der Waals surface area contributed by atoms with Crippen LogP contribution in [0.5, 0.6) is 0 Å². The number of carboxylic acids is 1. The molecule has 0 aliphatic heterocycles. The van der Waals surface area contributed by atoms with E-state index in [1.54, 1.807) is 0 Å². The van der Waals surface area contributed by atoms with E-state index in [4.69, 9.17) is 10.8 Å². The Hall–Kier alpha value is -0.570. The van der Waals surface area contributed by atoms with E-state index >= 15 is 0 Å². The van der Waals surface area contributed by atoms with Crippen molar-refractivity contribution in [1.29, 1.82) is 0 Å². The topological polar surface area (TPSA) is 63.3 Å². The Balaban J connectivity index is 2.20. The largest absolute Gasteiger partial charge is 0.480 e. The maximum absolute atomic E-state index is 11.1. The number of rotatable bonds is 3. The summed E-state index contributed by atoms with van der Waals surface area (Å²) in [6, 6.07) is -0.750. The van der Waals surface area contributed by atoms with Gasteiger partial charge in [0.25, 0.3) is 0 Å². The molecule has 17 heavy (non-hydrogen) atoms. The van der Waals surface area contributed by atoms with Crippen LogP contribution < -0.4 is 5.73 Å². The molecule has 3 nitrogen and oxygen atoms in total. The van der Waals surface area contributed by atoms with E-state index in [1.807, 2.05) is 13.8 Å². The average molecular weight is 239 g/mol. The molecule has 4 atom stereocenters. The summed E-state index contributed by atoms with van der Waals surface area (Å²) < 4.78 is 0. The zero-order valence-corrected chi connectivity index (χ0v) is 11.4. The molecule has 0 aromatic heterocycles. The van der Waals surface area contributed by atoms with Gasteiger partial charge >= 0.3 is 5.97 Å². The van der Waals surface area contributed by atoms with Crippen LogP contribution in [0, 0.1) is 28.6 Å². The molecule has 0 saturated heterocycles. The summed E-state index contributed by atoms with van der Waals surface area (Å²) in [5.41, 5.74) is 5.97. The third kappa shape index (κ3) is 1.70. The van der Waals surface area contributed by atoms with Gasteiger partial charge in [-0.05, 0) is 47.8 Å². The van der Waals surface area contributed by atoms with Crippen LogP contribution in [0.1, 0.15) is 47.0 Å². The first-order valence-electron chi connectivity index (χ1n) is 6.67. The summed E-state index contributed by atoms with van der Waals surface area (Å²) in [5, 5.41) is 9.15. The van der Waals surface area contributed by atoms with Crippen LogP contribution in [0.3, 0.4) is 0 Å². The summed E-state index contributed by atoms with van der Waals surface area (Å²) in [6.45, 7) is 8.73. The maximum Gasteiger partial charge on any atom is 0.321 e. The highest BCUT2D eigenvalue weighted by molar-refractivity contribution is 5.74. The molecular formula is C14H25NO2. The van der Waals surface area contributed by atoms with Crippen LogP contribution in [-0.2, 0) is 4.79 Å². The van der Waals surface area contributed by atoms with Crippen molar-refractivity contribution in [3.05, 3.63) is 0 Å². The Morgan fingerprint density at radius 2 is 2.00 bits per heavy atom. The van der Waals surface area contributed by atoms with Crippen molar-refractivity contribution in [3.63, 3.8) is 0 Å². The lowest BCUT2D eigenvalue weighted by Crippen LogP contribution is -2.59. The summed E-state index contributed by atoms with van der Waals surface area (Å²) in [4.78, 5) is 11.1. The highest BCUT2D eigenvalue weighted by atomic mass is 16.4. The van der Waals surface area contributed by atoms with Crippen LogP contribution in [0.2, 0.25) is 0 Å². The van der Waals surface area contributed by atoms with Crippen LogP contribution in [-0.4, -0.2) is 17.1 Å². The second-order valence-electron chi connectivity index (χ2n) is 7.18. The fourth-order valence-electron chi connectivity index (χ4n) is 4.25. The van der Waals surface area contributed by atoms with E-state index in [2.05, 4.69) is 13.8 Å². The number of nitrogens with two attached hydrogens (primary N) is 1.